The molecular weight excluding hydrogens is 279 g/mol. The Bertz CT molecular complexity index is 684. The minimum absolute atomic E-state index is 0.267. The molecule has 1 aliphatic heterocycles. The van der Waals surface area contributed by atoms with E-state index in [1.165, 1.54) is 30.6 Å². The first-order chi connectivity index (χ1) is 9.60. The molecule has 0 fully saturated rings. The van der Waals surface area contributed by atoms with Crippen molar-refractivity contribution in [1.82, 2.24) is 4.98 Å². The van der Waals surface area contributed by atoms with Gasteiger partial charge in [0.05, 0.1) is 7.11 Å². The van der Waals surface area contributed by atoms with Crippen LogP contribution in [0.3, 0.4) is 0 Å². The normalized spacial score (nSPS) is 13.4. The van der Waals surface area contributed by atoms with Crippen molar-refractivity contribution in [2.75, 3.05) is 18.6 Å². The zero-order valence-corrected chi connectivity index (χ0v) is 12.0. The van der Waals surface area contributed by atoms with Gasteiger partial charge in [0.1, 0.15) is 5.82 Å². The van der Waals surface area contributed by atoms with Gasteiger partial charge in [-0.1, -0.05) is 6.07 Å². The fourth-order valence-electron chi connectivity index (χ4n) is 2.34. The van der Waals surface area contributed by atoms with Crippen molar-refractivity contribution in [3.63, 3.8) is 0 Å². The predicted molar refractivity (Wildman–Crippen MR) is 75.3 cm³/mol. The largest absolute Gasteiger partial charge is 0.464 e. The first-order valence-electron chi connectivity index (χ1n) is 6.22. The number of carbonyl (C=O) groups is 1. The number of aromatic nitrogens is 1. The highest BCUT2D eigenvalue weighted by atomic mass is 32.1. The van der Waals surface area contributed by atoms with Crippen molar-refractivity contribution < 1.29 is 13.9 Å². The number of methoxy groups -OCH3 is 1. The lowest BCUT2D eigenvalue weighted by atomic mass is 10.2. The zero-order valence-electron chi connectivity index (χ0n) is 11.1. The van der Waals surface area contributed by atoms with Crippen LogP contribution in [0.25, 0.3) is 0 Å². The number of halogens is 1. The number of fused-ring (bicyclic) bond motifs is 1. The van der Waals surface area contributed by atoms with Gasteiger partial charge in [-0.2, -0.15) is 0 Å². The molecule has 2 heterocycles. The van der Waals surface area contributed by atoms with E-state index in [2.05, 4.69) is 4.98 Å². The fraction of sp³-hybridized carbons (Fsp3) is 0.286. The summed E-state index contributed by atoms with van der Waals surface area (Å²) < 4.78 is 18.1. The van der Waals surface area contributed by atoms with Gasteiger partial charge in [0.15, 0.2) is 10.8 Å². The molecule has 0 unspecified atom stereocenters. The molecule has 0 bridgehead atoms. The first-order valence-corrected chi connectivity index (χ1v) is 7.03. The fourth-order valence-corrected chi connectivity index (χ4v) is 3.27. The van der Waals surface area contributed by atoms with Gasteiger partial charge in [-0.25, -0.2) is 14.2 Å². The van der Waals surface area contributed by atoms with E-state index in [4.69, 9.17) is 4.74 Å². The van der Waals surface area contributed by atoms with Crippen molar-refractivity contribution >= 4 is 28.1 Å². The Morgan fingerprint density at radius 3 is 3.05 bits per heavy atom. The molecule has 2 aromatic rings. The lowest BCUT2D eigenvalue weighted by Gasteiger charge is -2.15. The van der Waals surface area contributed by atoms with Crippen LogP contribution in [0, 0.1) is 12.7 Å². The van der Waals surface area contributed by atoms with Crippen LogP contribution in [0.15, 0.2) is 18.2 Å². The van der Waals surface area contributed by atoms with Gasteiger partial charge in [-0.3, -0.25) is 0 Å². The molecule has 1 aromatic carbocycles. The van der Waals surface area contributed by atoms with Crippen molar-refractivity contribution in [1.29, 1.82) is 0 Å². The van der Waals surface area contributed by atoms with Crippen LogP contribution < -0.4 is 4.90 Å². The molecule has 6 heteroatoms. The second-order valence-corrected chi connectivity index (χ2v) is 5.75. The van der Waals surface area contributed by atoms with Gasteiger partial charge in [0.25, 0.3) is 0 Å². The van der Waals surface area contributed by atoms with Crippen molar-refractivity contribution in [2.24, 2.45) is 0 Å². The van der Waals surface area contributed by atoms with E-state index in [-0.39, 0.29) is 5.82 Å². The van der Waals surface area contributed by atoms with E-state index in [0.29, 0.717) is 10.8 Å². The zero-order chi connectivity index (χ0) is 14.3. The highest BCUT2D eigenvalue weighted by molar-refractivity contribution is 7.15. The minimum atomic E-state index is -0.441. The van der Waals surface area contributed by atoms with Gasteiger partial charge >= 0.3 is 5.97 Å². The summed E-state index contributed by atoms with van der Waals surface area (Å²) >= 11 is 1.42. The van der Waals surface area contributed by atoms with E-state index < -0.39 is 5.97 Å². The van der Waals surface area contributed by atoms with Gasteiger partial charge in [0, 0.05) is 17.1 Å². The van der Waals surface area contributed by atoms with Gasteiger partial charge in [0.2, 0.25) is 0 Å². The molecule has 0 radical (unpaired) electrons. The van der Waals surface area contributed by atoms with Crippen LogP contribution in [0.4, 0.5) is 15.2 Å². The Labute approximate surface area is 119 Å². The topological polar surface area (TPSA) is 42.4 Å². The lowest BCUT2D eigenvalue weighted by Crippen LogP contribution is -2.13. The van der Waals surface area contributed by atoms with E-state index in [1.54, 1.807) is 6.07 Å². The van der Waals surface area contributed by atoms with Crippen molar-refractivity contribution in [3.8, 4) is 0 Å². The van der Waals surface area contributed by atoms with E-state index >= 15 is 0 Å². The van der Waals surface area contributed by atoms with Crippen molar-refractivity contribution in [3.05, 3.63) is 40.2 Å². The molecule has 1 aromatic heterocycles. The third-order valence-electron chi connectivity index (χ3n) is 3.34. The first kappa shape index (κ1) is 13.1. The minimum Gasteiger partial charge on any atom is -0.464 e. The van der Waals surface area contributed by atoms with Gasteiger partial charge < -0.3 is 9.64 Å². The SMILES string of the molecule is COC(=O)c1nc(N2CCc3ccc(F)cc32)sc1C. The van der Waals surface area contributed by atoms with E-state index in [9.17, 15) is 9.18 Å². The number of aryl methyl sites for hydroxylation is 1. The second-order valence-electron chi connectivity index (χ2n) is 4.57. The monoisotopic (exact) mass is 292 g/mol. The highest BCUT2D eigenvalue weighted by Crippen LogP contribution is 2.37. The molecule has 3 rings (SSSR count). The van der Waals surface area contributed by atoms with Crippen LogP contribution in [0.1, 0.15) is 20.9 Å². The Kier molecular flexibility index (Phi) is 3.17. The maximum absolute atomic E-state index is 13.4. The Hall–Kier alpha value is -1.95. The Morgan fingerprint density at radius 2 is 2.30 bits per heavy atom. The van der Waals surface area contributed by atoms with E-state index in [1.807, 2.05) is 11.8 Å². The molecule has 0 atom stereocenters. The Morgan fingerprint density at radius 1 is 1.50 bits per heavy atom. The summed E-state index contributed by atoms with van der Waals surface area (Å²) in [5, 5.41) is 0.701. The summed E-state index contributed by atoms with van der Waals surface area (Å²) in [4.78, 5) is 18.7. The maximum Gasteiger partial charge on any atom is 0.357 e. The molecule has 0 N–H and O–H groups in total. The van der Waals surface area contributed by atoms with Crippen LogP contribution in [-0.2, 0) is 11.2 Å². The summed E-state index contributed by atoms with van der Waals surface area (Å²) in [6, 6.07) is 4.78. The molecule has 0 spiro atoms. The summed E-state index contributed by atoms with van der Waals surface area (Å²) in [5.41, 5.74) is 2.26. The van der Waals surface area contributed by atoms with Crippen LogP contribution >= 0.6 is 11.3 Å². The van der Waals surface area contributed by atoms with Crippen LogP contribution in [-0.4, -0.2) is 24.6 Å². The molecule has 0 aliphatic carbocycles. The summed E-state index contributed by atoms with van der Waals surface area (Å²) in [5.74, 6) is -0.708. The summed E-state index contributed by atoms with van der Waals surface area (Å²) in [7, 11) is 1.33. The Balaban J connectivity index is 2.00. The molecule has 104 valence electrons. The molecule has 1 aliphatic rings. The van der Waals surface area contributed by atoms with E-state index in [0.717, 1.165) is 29.1 Å². The van der Waals surface area contributed by atoms with Crippen LogP contribution in [0.2, 0.25) is 0 Å². The number of hydrogen-bond donors (Lipinski definition) is 0. The van der Waals surface area contributed by atoms with Gasteiger partial charge in [-0.05, 0) is 31.0 Å². The predicted octanol–water partition coefficient (Wildman–Crippen LogP) is 3.07. The second kappa shape index (κ2) is 4.86. The number of anilines is 2. The lowest BCUT2D eigenvalue weighted by molar-refractivity contribution is 0.0594. The molecule has 4 nitrogen and oxygen atoms in total. The molecule has 0 saturated carbocycles. The molecule has 20 heavy (non-hydrogen) atoms. The average Bonchev–Trinajstić information content (AvgIpc) is 3.01. The molecular formula is C14H13FN2O2S. The maximum atomic E-state index is 13.4. The summed E-state index contributed by atoms with van der Waals surface area (Å²) in [6.45, 7) is 2.57. The smallest absolute Gasteiger partial charge is 0.357 e. The number of ether oxygens (including phenoxy) is 1. The number of thiazole rings is 1. The summed E-state index contributed by atoms with van der Waals surface area (Å²) in [6.07, 6.45) is 0.849. The number of rotatable bonds is 2. The molecule has 0 saturated heterocycles. The van der Waals surface area contributed by atoms with Gasteiger partial charge in [-0.15, -0.1) is 11.3 Å². The quantitative estimate of drug-likeness (QED) is 0.798. The number of benzene rings is 1. The third-order valence-corrected chi connectivity index (χ3v) is 4.33. The molecule has 0 amide bonds. The number of nitrogens with zero attached hydrogens (tertiary/aromatic N) is 2. The standard InChI is InChI=1S/C14H13FN2O2S/c1-8-12(13(18)19-2)16-14(20-8)17-6-5-9-3-4-10(15)7-11(9)17/h3-4,7H,5-6H2,1-2H3. The number of esters is 1. The number of carbonyl (C=O) groups excluding carboxylic acids is 1. The third kappa shape index (κ3) is 2.06. The highest BCUT2D eigenvalue weighted by Gasteiger charge is 2.25. The number of hydrogen-bond acceptors (Lipinski definition) is 5. The van der Waals surface area contributed by atoms with Crippen LogP contribution in [0.5, 0.6) is 0 Å². The van der Waals surface area contributed by atoms with Crippen molar-refractivity contribution in [2.45, 2.75) is 13.3 Å². The average molecular weight is 292 g/mol.